The number of nitrogens with one attached hydrogen (secondary N) is 1. The van der Waals surface area contributed by atoms with Crippen molar-refractivity contribution in [3.05, 3.63) is 53.9 Å². The van der Waals surface area contributed by atoms with Gasteiger partial charge < -0.3 is 5.32 Å². The van der Waals surface area contributed by atoms with Crippen molar-refractivity contribution in [2.45, 2.75) is 25.6 Å². The molecule has 5 nitrogen and oxygen atoms in total. The van der Waals surface area contributed by atoms with Crippen LogP contribution in [0.4, 0.5) is 19.0 Å². The molecule has 2 aromatic heterocycles. The molecule has 1 aliphatic carbocycles. The average molecular weight is 360 g/mol. The van der Waals surface area contributed by atoms with Gasteiger partial charge in [-0.3, -0.25) is 9.48 Å². The van der Waals surface area contributed by atoms with Crippen LogP contribution in [-0.4, -0.2) is 20.7 Å². The monoisotopic (exact) mass is 360 g/mol. The van der Waals surface area contributed by atoms with E-state index < -0.39 is 11.7 Å². The second kappa shape index (κ2) is 6.12. The summed E-state index contributed by atoms with van der Waals surface area (Å²) in [4.78, 5) is 16.2. The Kier molecular flexibility index (Phi) is 3.90. The van der Waals surface area contributed by atoms with Gasteiger partial charge in [-0.05, 0) is 36.6 Å². The molecule has 0 unspecified atom stereocenters. The van der Waals surface area contributed by atoms with E-state index in [0.717, 1.165) is 25.0 Å². The van der Waals surface area contributed by atoms with Gasteiger partial charge in [0, 0.05) is 18.3 Å². The summed E-state index contributed by atoms with van der Waals surface area (Å²) >= 11 is 0. The number of nitrogens with zero attached hydrogens (tertiary/aromatic N) is 3. The van der Waals surface area contributed by atoms with Gasteiger partial charge in [0.2, 0.25) is 5.91 Å². The number of fused-ring (bicyclic) bond motifs is 1. The molecule has 4 rings (SSSR count). The van der Waals surface area contributed by atoms with Crippen molar-refractivity contribution in [2.75, 3.05) is 5.32 Å². The van der Waals surface area contributed by atoms with E-state index in [-0.39, 0.29) is 18.4 Å². The maximum atomic E-state index is 12.8. The normalized spacial score (nSPS) is 14.6. The number of pyridine rings is 1. The predicted octanol–water partition coefficient (Wildman–Crippen LogP) is 3.85. The highest BCUT2D eigenvalue weighted by Gasteiger charge is 2.31. The fraction of sp³-hybridized carbons (Fsp3) is 0.278. The number of halogens is 3. The van der Waals surface area contributed by atoms with Gasteiger partial charge in [-0.25, -0.2) is 4.98 Å². The van der Waals surface area contributed by atoms with Gasteiger partial charge in [0.25, 0.3) is 0 Å². The van der Waals surface area contributed by atoms with Gasteiger partial charge in [-0.15, -0.1) is 0 Å². The molecule has 0 spiro atoms. The molecule has 26 heavy (non-hydrogen) atoms. The zero-order valence-corrected chi connectivity index (χ0v) is 13.6. The minimum absolute atomic E-state index is 0.0483. The lowest BCUT2D eigenvalue weighted by Crippen LogP contribution is -2.14. The molecule has 0 saturated heterocycles. The van der Waals surface area contributed by atoms with Crippen LogP contribution in [0.15, 0.2) is 42.7 Å². The molecule has 8 heteroatoms. The predicted molar refractivity (Wildman–Crippen MR) is 89.4 cm³/mol. The Morgan fingerprint density at radius 3 is 2.81 bits per heavy atom. The molecular formula is C18H15F3N4O. The molecule has 3 aromatic rings. The number of rotatable bonds is 4. The van der Waals surface area contributed by atoms with Gasteiger partial charge in [-0.2, -0.15) is 18.3 Å². The van der Waals surface area contributed by atoms with Crippen LogP contribution < -0.4 is 5.32 Å². The molecule has 0 atom stereocenters. The SMILES string of the molecule is O=C(Nc1nccc2nn(Cc3cccc(C(F)(F)F)c3)cc12)C1CC1. The van der Waals surface area contributed by atoms with Crippen molar-refractivity contribution in [3.8, 4) is 0 Å². The van der Waals surface area contributed by atoms with Gasteiger partial charge in [0.05, 0.1) is 23.0 Å². The largest absolute Gasteiger partial charge is 0.416 e. The minimum Gasteiger partial charge on any atom is -0.310 e. The van der Waals surface area contributed by atoms with Crippen LogP contribution in [0.5, 0.6) is 0 Å². The summed E-state index contributed by atoms with van der Waals surface area (Å²) in [6.45, 7) is 0.189. The summed E-state index contributed by atoms with van der Waals surface area (Å²) in [5.41, 5.74) is 0.424. The first-order valence-corrected chi connectivity index (χ1v) is 8.19. The number of alkyl halides is 3. The van der Waals surface area contributed by atoms with E-state index in [1.165, 1.54) is 6.07 Å². The zero-order valence-electron chi connectivity index (χ0n) is 13.6. The topological polar surface area (TPSA) is 59.8 Å². The lowest BCUT2D eigenvalue weighted by Gasteiger charge is -2.08. The van der Waals surface area contributed by atoms with E-state index in [4.69, 9.17) is 0 Å². The highest BCUT2D eigenvalue weighted by Crippen LogP contribution is 2.31. The molecule has 1 N–H and O–H groups in total. The molecule has 1 amide bonds. The van der Waals surface area contributed by atoms with E-state index in [1.807, 2.05) is 0 Å². The summed E-state index contributed by atoms with van der Waals surface area (Å²) in [7, 11) is 0. The van der Waals surface area contributed by atoms with Crippen LogP contribution in [0.25, 0.3) is 10.9 Å². The number of carbonyl (C=O) groups excluding carboxylic acids is 1. The van der Waals surface area contributed by atoms with E-state index >= 15 is 0 Å². The average Bonchev–Trinajstić information content (AvgIpc) is 3.35. The smallest absolute Gasteiger partial charge is 0.310 e. The standard InChI is InChI=1S/C18H15F3N4O/c19-18(20,21)13-3-1-2-11(8-13)9-25-10-14-15(24-25)6-7-22-16(14)23-17(26)12-4-5-12/h1-3,6-8,10,12H,4-5,9H2,(H,22,23,26). The number of aromatic nitrogens is 3. The van der Waals surface area contributed by atoms with E-state index in [2.05, 4.69) is 15.4 Å². The second-order valence-corrected chi connectivity index (χ2v) is 6.38. The van der Waals surface area contributed by atoms with Crippen LogP contribution >= 0.6 is 0 Å². The Bertz CT molecular complexity index is 976. The Hall–Kier alpha value is -2.90. The van der Waals surface area contributed by atoms with Crippen LogP contribution in [0.1, 0.15) is 24.0 Å². The second-order valence-electron chi connectivity index (χ2n) is 6.38. The number of hydrogen-bond donors (Lipinski definition) is 1. The first-order chi connectivity index (χ1) is 12.4. The maximum Gasteiger partial charge on any atom is 0.416 e. The Balaban J connectivity index is 1.60. The van der Waals surface area contributed by atoms with Crippen LogP contribution in [-0.2, 0) is 17.5 Å². The van der Waals surface area contributed by atoms with Gasteiger partial charge in [0.1, 0.15) is 5.82 Å². The Morgan fingerprint density at radius 1 is 1.27 bits per heavy atom. The summed E-state index contributed by atoms with van der Waals surface area (Å²) < 4.78 is 40.1. The maximum absolute atomic E-state index is 12.8. The number of benzene rings is 1. The zero-order chi connectivity index (χ0) is 18.3. The van der Waals surface area contributed by atoms with Crippen molar-refractivity contribution >= 4 is 22.6 Å². The van der Waals surface area contributed by atoms with Crippen molar-refractivity contribution in [1.29, 1.82) is 0 Å². The molecule has 0 radical (unpaired) electrons. The van der Waals surface area contributed by atoms with E-state index in [9.17, 15) is 18.0 Å². The molecule has 1 aliphatic rings. The van der Waals surface area contributed by atoms with Crippen LogP contribution in [0.3, 0.4) is 0 Å². The first-order valence-electron chi connectivity index (χ1n) is 8.19. The lowest BCUT2D eigenvalue weighted by atomic mass is 10.1. The highest BCUT2D eigenvalue weighted by molar-refractivity contribution is 6.00. The molecule has 2 heterocycles. The van der Waals surface area contributed by atoms with E-state index in [0.29, 0.717) is 22.3 Å². The van der Waals surface area contributed by atoms with Crippen molar-refractivity contribution < 1.29 is 18.0 Å². The van der Waals surface area contributed by atoms with E-state index in [1.54, 1.807) is 29.2 Å². The van der Waals surface area contributed by atoms with Crippen LogP contribution in [0, 0.1) is 5.92 Å². The minimum atomic E-state index is -4.38. The fourth-order valence-corrected chi connectivity index (χ4v) is 2.77. The van der Waals surface area contributed by atoms with Gasteiger partial charge in [0.15, 0.2) is 0 Å². The fourth-order valence-electron chi connectivity index (χ4n) is 2.77. The molecule has 0 aliphatic heterocycles. The Morgan fingerprint density at radius 2 is 2.08 bits per heavy atom. The van der Waals surface area contributed by atoms with Crippen molar-refractivity contribution in [2.24, 2.45) is 5.92 Å². The van der Waals surface area contributed by atoms with Crippen molar-refractivity contribution in [1.82, 2.24) is 14.8 Å². The molecule has 134 valence electrons. The third kappa shape index (κ3) is 3.40. The van der Waals surface area contributed by atoms with Crippen LogP contribution in [0.2, 0.25) is 0 Å². The number of hydrogen-bond acceptors (Lipinski definition) is 3. The Labute approximate surface area is 146 Å². The van der Waals surface area contributed by atoms with Gasteiger partial charge in [-0.1, -0.05) is 12.1 Å². The molecular weight excluding hydrogens is 345 g/mol. The number of carbonyl (C=O) groups is 1. The quantitative estimate of drug-likeness (QED) is 0.769. The molecule has 0 bridgehead atoms. The summed E-state index contributed by atoms with van der Waals surface area (Å²) in [5, 5.41) is 7.83. The third-order valence-electron chi connectivity index (χ3n) is 4.27. The third-order valence-corrected chi connectivity index (χ3v) is 4.27. The number of anilines is 1. The highest BCUT2D eigenvalue weighted by atomic mass is 19.4. The summed E-state index contributed by atoms with van der Waals surface area (Å²) in [6, 6.07) is 6.85. The first kappa shape index (κ1) is 16.6. The number of amides is 1. The lowest BCUT2D eigenvalue weighted by molar-refractivity contribution is -0.137. The van der Waals surface area contributed by atoms with Crippen molar-refractivity contribution in [3.63, 3.8) is 0 Å². The summed E-state index contributed by atoms with van der Waals surface area (Å²) in [6.07, 6.45) is 0.625. The molecule has 1 aromatic carbocycles. The molecule has 1 saturated carbocycles. The molecule has 1 fully saturated rings. The summed E-state index contributed by atoms with van der Waals surface area (Å²) in [5.74, 6) is 0.414. The van der Waals surface area contributed by atoms with Gasteiger partial charge >= 0.3 is 6.18 Å².